The van der Waals surface area contributed by atoms with Gasteiger partial charge in [-0.3, -0.25) is 19.3 Å². The van der Waals surface area contributed by atoms with Crippen molar-refractivity contribution >= 4 is 29.1 Å². The number of amides is 3. The number of halogens is 1. The number of carbonyl (C=O) groups excluding carboxylic acids is 3. The zero-order chi connectivity index (χ0) is 18.6. The molecule has 9 heteroatoms. The molecule has 1 aliphatic heterocycles. The molecule has 0 aliphatic carbocycles. The summed E-state index contributed by atoms with van der Waals surface area (Å²) in [6.07, 6.45) is 0. The molecular weight excluding hydrogens is 331 g/mol. The fourth-order valence-corrected chi connectivity index (χ4v) is 2.49. The predicted molar refractivity (Wildman–Crippen MR) is 89.5 cm³/mol. The van der Waals surface area contributed by atoms with Crippen LogP contribution in [0.3, 0.4) is 0 Å². The second-order valence-corrected chi connectivity index (χ2v) is 5.63. The first-order chi connectivity index (χ1) is 11.8. The van der Waals surface area contributed by atoms with Gasteiger partial charge in [-0.2, -0.15) is 0 Å². The average molecular weight is 352 g/mol. The van der Waals surface area contributed by atoms with Crippen LogP contribution in [0, 0.1) is 5.82 Å². The Labute approximate surface area is 144 Å². The monoisotopic (exact) mass is 352 g/mol. The van der Waals surface area contributed by atoms with Gasteiger partial charge in [0.2, 0.25) is 5.91 Å². The minimum Gasteiger partial charge on any atom is -0.370 e. The van der Waals surface area contributed by atoms with Crippen LogP contribution in [0.1, 0.15) is 6.92 Å². The zero-order valence-electron chi connectivity index (χ0n) is 14.1. The van der Waals surface area contributed by atoms with Gasteiger partial charge >= 0.3 is 0 Å². The molecule has 3 amide bonds. The summed E-state index contributed by atoms with van der Waals surface area (Å²) in [5.74, 6) is -2.52. The molecule has 1 aromatic carbocycles. The standard InChI is InChI=1S/C16H21FN4O4/c1-3-20(2)14(15(18)23)16(24)19-12-5-4-10(8-11(12)17)21-6-7-25-9-13(21)22/h4-5,8,14H,3,6-7,9H2,1-2H3,(H2,18,23)(H,19,24)/t14-/m0/s1. The Kier molecular flexibility index (Phi) is 6.05. The summed E-state index contributed by atoms with van der Waals surface area (Å²) in [4.78, 5) is 38.4. The summed E-state index contributed by atoms with van der Waals surface area (Å²) in [7, 11) is 1.57. The molecule has 3 N–H and O–H groups in total. The third-order valence-corrected chi connectivity index (χ3v) is 3.97. The molecule has 2 rings (SSSR count). The SMILES string of the molecule is CCN(C)[C@@H](C(N)=O)C(=O)Nc1ccc(N2CCOCC2=O)cc1F. The number of hydrogen-bond acceptors (Lipinski definition) is 5. The Hall–Kier alpha value is -2.52. The van der Waals surface area contributed by atoms with Crippen LogP contribution in [-0.4, -0.2) is 62.0 Å². The Morgan fingerprint density at radius 3 is 2.76 bits per heavy atom. The quantitative estimate of drug-likeness (QED) is 0.698. The summed E-state index contributed by atoms with van der Waals surface area (Å²) >= 11 is 0. The Bertz CT molecular complexity index is 682. The molecule has 0 aromatic heterocycles. The van der Waals surface area contributed by atoms with E-state index in [1.165, 1.54) is 21.9 Å². The Balaban J connectivity index is 2.16. The summed E-state index contributed by atoms with van der Waals surface area (Å²) in [6, 6.07) is 2.81. The topological polar surface area (TPSA) is 105 Å². The van der Waals surface area contributed by atoms with E-state index in [2.05, 4.69) is 5.32 Å². The molecule has 1 atom stereocenters. The van der Waals surface area contributed by atoms with Gasteiger partial charge < -0.3 is 20.7 Å². The summed E-state index contributed by atoms with van der Waals surface area (Å²) in [5.41, 5.74) is 5.53. The summed E-state index contributed by atoms with van der Waals surface area (Å²) in [5, 5.41) is 2.36. The van der Waals surface area contributed by atoms with E-state index in [-0.39, 0.29) is 18.2 Å². The van der Waals surface area contributed by atoms with Crippen LogP contribution >= 0.6 is 0 Å². The number of benzene rings is 1. The first-order valence-electron chi connectivity index (χ1n) is 7.83. The van der Waals surface area contributed by atoms with Crippen molar-refractivity contribution in [3.05, 3.63) is 24.0 Å². The number of anilines is 2. The molecule has 0 bridgehead atoms. The number of carbonyl (C=O) groups is 3. The van der Waals surface area contributed by atoms with Crippen LogP contribution in [0.25, 0.3) is 0 Å². The number of primary amides is 1. The second kappa shape index (κ2) is 8.04. The smallest absolute Gasteiger partial charge is 0.253 e. The van der Waals surface area contributed by atoms with Crippen LogP contribution in [0.5, 0.6) is 0 Å². The molecule has 1 heterocycles. The average Bonchev–Trinajstić information content (AvgIpc) is 2.56. The van der Waals surface area contributed by atoms with E-state index in [4.69, 9.17) is 10.5 Å². The molecular formula is C16H21FN4O4. The second-order valence-electron chi connectivity index (χ2n) is 5.63. The van der Waals surface area contributed by atoms with E-state index < -0.39 is 23.7 Å². The van der Waals surface area contributed by atoms with Gasteiger partial charge in [-0.25, -0.2) is 4.39 Å². The normalized spacial score (nSPS) is 16.0. The number of hydrogen-bond donors (Lipinski definition) is 2. The first kappa shape index (κ1) is 18.8. The lowest BCUT2D eigenvalue weighted by Gasteiger charge is -2.27. The maximum absolute atomic E-state index is 14.3. The van der Waals surface area contributed by atoms with Gasteiger partial charge in [-0.15, -0.1) is 0 Å². The van der Waals surface area contributed by atoms with Crippen LogP contribution in [0.2, 0.25) is 0 Å². The highest BCUT2D eigenvalue weighted by atomic mass is 19.1. The van der Waals surface area contributed by atoms with Crippen LogP contribution in [0.15, 0.2) is 18.2 Å². The van der Waals surface area contributed by atoms with E-state index in [1.54, 1.807) is 14.0 Å². The molecule has 8 nitrogen and oxygen atoms in total. The van der Waals surface area contributed by atoms with E-state index in [0.29, 0.717) is 25.4 Å². The van der Waals surface area contributed by atoms with Crippen molar-refractivity contribution in [1.82, 2.24) is 4.90 Å². The molecule has 0 radical (unpaired) electrons. The van der Waals surface area contributed by atoms with Gasteiger partial charge in [0, 0.05) is 12.2 Å². The fraction of sp³-hybridized carbons (Fsp3) is 0.438. The van der Waals surface area contributed by atoms with Crippen molar-refractivity contribution in [2.45, 2.75) is 13.0 Å². The minimum atomic E-state index is -1.20. The van der Waals surface area contributed by atoms with Gasteiger partial charge in [0.05, 0.1) is 12.3 Å². The van der Waals surface area contributed by atoms with Crippen LogP contribution in [-0.2, 0) is 19.1 Å². The molecule has 1 fully saturated rings. The molecule has 25 heavy (non-hydrogen) atoms. The lowest BCUT2D eigenvalue weighted by Crippen LogP contribution is -2.50. The maximum Gasteiger partial charge on any atom is 0.253 e. The molecule has 136 valence electrons. The number of likely N-dealkylation sites (N-methyl/N-ethyl adjacent to an activating group) is 1. The highest BCUT2D eigenvalue weighted by Gasteiger charge is 2.29. The largest absolute Gasteiger partial charge is 0.370 e. The third-order valence-electron chi connectivity index (χ3n) is 3.97. The van der Waals surface area contributed by atoms with Crippen LogP contribution < -0.4 is 16.0 Å². The van der Waals surface area contributed by atoms with Crippen molar-refractivity contribution in [2.24, 2.45) is 5.73 Å². The number of ether oxygens (including phenoxy) is 1. The fourth-order valence-electron chi connectivity index (χ4n) is 2.49. The number of nitrogens with zero attached hydrogens (tertiary/aromatic N) is 2. The Morgan fingerprint density at radius 2 is 2.20 bits per heavy atom. The van der Waals surface area contributed by atoms with Gasteiger partial charge in [-0.05, 0) is 31.8 Å². The molecule has 1 aliphatic rings. The molecule has 0 spiro atoms. The number of nitrogens with two attached hydrogens (primary N) is 1. The van der Waals surface area contributed by atoms with Gasteiger partial charge in [0.15, 0.2) is 6.04 Å². The number of nitrogens with one attached hydrogen (secondary N) is 1. The van der Waals surface area contributed by atoms with E-state index in [1.807, 2.05) is 0 Å². The van der Waals surface area contributed by atoms with Crippen molar-refractivity contribution < 1.29 is 23.5 Å². The lowest BCUT2D eigenvalue weighted by molar-refractivity contribution is -0.131. The highest BCUT2D eigenvalue weighted by molar-refractivity contribution is 6.09. The van der Waals surface area contributed by atoms with E-state index >= 15 is 0 Å². The third kappa shape index (κ3) is 4.31. The van der Waals surface area contributed by atoms with Gasteiger partial charge in [-0.1, -0.05) is 6.92 Å². The maximum atomic E-state index is 14.3. The number of morpholine rings is 1. The molecule has 1 saturated heterocycles. The van der Waals surface area contributed by atoms with Crippen LogP contribution in [0.4, 0.5) is 15.8 Å². The van der Waals surface area contributed by atoms with E-state index in [0.717, 1.165) is 6.07 Å². The van der Waals surface area contributed by atoms with Crippen molar-refractivity contribution in [3.63, 3.8) is 0 Å². The minimum absolute atomic E-state index is 0.0518. The molecule has 1 aromatic rings. The van der Waals surface area contributed by atoms with Gasteiger partial charge in [0.25, 0.3) is 11.8 Å². The molecule has 0 unspecified atom stereocenters. The zero-order valence-corrected chi connectivity index (χ0v) is 14.1. The predicted octanol–water partition coefficient (Wildman–Crippen LogP) is -0.0670. The molecule has 0 saturated carbocycles. The number of rotatable bonds is 6. The van der Waals surface area contributed by atoms with Gasteiger partial charge in [0.1, 0.15) is 12.4 Å². The van der Waals surface area contributed by atoms with Crippen molar-refractivity contribution in [2.75, 3.05) is 43.6 Å². The van der Waals surface area contributed by atoms with Crippen molar-refractivity contribution in [1.29, 1.82) is 0 Å². The van der Waals surface area contributed by atoms with Crippen molar-refractivity contribution in [3.8, 4) is 0 Å². The van der Waals surface area contributed by atoms with E-state index in [9.17, 15) is 18.8 Å². The summed E-state index contributed by atoms with van der Waals surface area (Å²) < 4.78 is 19.4. The highest BCUT2D eigenvalue weighted by Crippen LogP contribution is 2.23. The Morgan fingerprint density at radius 1 is 1.48 bits per heavy atom. The first-order valence-corrected chi connectivity index (χ1v) is 7.83. The lowest BCUT2D eigenvalue weighted by atomic mass is 10.2. The summed E-state index contributed by atoms with van der Waals surface area (Å²) in [6.45, 7) is 2.83.